The number of likely N-dealkylation sites (tertiary alicyclic amines) is 2. The summed E-state index contributed by atoms with van der Waals surface area (Å²) in [5.41, 5.74) is 1.41. The Hall–Kier alpha value is -4.26. The number of nitrogens with zero attached hydrogens (tertiary/aromatic N) is 8. The minimum Gasteiger partial charge on any atom is -0.464 e. The van der Waals surface area contributed by atoms with E-state index in [2.05, 4.69) is 30.2 Å². The topological polar surface area (TPSA) is 105 Å². The van der Waals surface area contributed by atoms with E-state index in [1.807, 2.05) is 23.2 Å². The smallest absolute Gasteiger partial charge is 0.416 e. The van der Waals surface area contributed by atoms with Crippen LogP contribution in [0.5, 0.6) is 12.0 Å². The second-order valence-corrected chi connectivity index (χ2v) is 19.5. The third kappa shape index (κ3) is 10.6. The Kier molecular flexibility index (Phi) is 13.8. The standard InChI is InChI=1S/2C24H31F3N4O2/c2*1-30-21(18-7-13-32-14-8-18)28-29-22(30)33-12-2-10-31-11-9-23(16-31)15-20(23)17-3-5-19(6-4-17)24(25,26)27/h2*3-6,18,20H,2,7-16H2,1H3/t2*20-,23-/m10/s1. The van der Waals surface area contributed by atoms with Gasteiger partial charge in [0.25, 0.3) is 0 Å². The van der Waals surface area contributed by atoms with Crippen molar-refractivity contribution in [2.24, 2.45) is 24.9 Å². The lowest BCUT2D eigenvalue weighted by atomic mass is 9.97. The van der Waals surface area contributed by atoms with E-state index in [0.717, 1.165) is 153 Å². The number of halogens is 6. The maximum atomic E-state index is 12.8. The van der Waals surface area contributed by atoms with Crippen molar-refractivity contribution >= 4 is 0 Å². The molecule has 2 saturated carbocycles. The average Bonchev–Trinajstić information content (AvgIpc) is 3.85. The van der Waals surface area contributed by atoms with Crippen LogP contribution in [0.2, 0.25) is 0 Å². The highest BCUT2D eigenvalue weighted by Crippen LogP contribution is 2.65. The molecule has 2 aliphatic carbocycles. The zero-order valence-corrected chi connectivity index (χ0v) is 38.0. The van der Waals surface area contributed by atoms with Crippen LogP contribution in [0, 0.1) is 10.8 Å². The number of hydrogen-bond donors (Lipinski definition) is 0. The van der Waals surface area contributed by atoms with Gasteiger partial charge in [0.2, 0.25) is 0 Å². The Morgan fingerprint density at radius 1 is 0.576 bits per heavy atom. The number of ether oxygens (including phenoxy) is 4. The maximum Gasteiger partial charge on any atom is 0.416 e. The van der Waals surface area contributed by atoms with Crippen LogP contribution in [0.3, 0.4) is 0 Å². The van der Waals surface area contributed by atoms with Gasteiger partial charge in [-0.2, -0.15) is 26.3 Å². The summed E-state index contributed by atoms with van der Waals surface area (Å²) in [6.45, 7) is 10.2. The molecule has 12 nitrogen and oxygen atoms in total. The largest absolute Gasteiger partial charge is 0.464 e. The van der Waals surface area contributed by atoms with E-state index < -0.39 is 23.5 Å². The molecular formula is C48H62F6N8O4. The highest BCUT2D eigenvalue weighted by molar-refractivity contribution is 5.36. The number of alkyl halides is 6. The SMILES string of the molecule is Cn1c(OCCCN2CC[C@@]3(C[C@@H]3c3ccc(C(F)(F)F)cc3)C2)nnc1C1CCOCC1.Cn1c(OCCCN2CC[C@]3(C[C@H]3c3ccc(C(F)(F)F)cc3)C2)nnc1C1CCOCC1. The van der Waals surface area contributed by atoms with Gasteiger partial charge < -0.3 is 28.7 Å². The molecule has 360 valence electrons. The quantitative estimate of drug-likeness (QED) is 0.0901. The number of hydrogen-bond acceptors (Lipinski definition) is 10. The summed E-state index contributed by atoms with van der Waals surface area (Å²) in [6, 6.07) is 12.6. The summed E-state index contributed by atoms with van der Waals surface area (Å²) in [6.07, 6.45) is 1.49. The van der Waals surface area contributed by atoms with Crippen molar-refractivity contribution in [1.29, 1.82) is 0 Å². The van der Waals surface area contributed by atoms with Crippen molar-refractivity contribution in [3.8, 4) is 12.0 Å². The van der Waals surface area contributed by atoms with E-state index in [1.54, 1.807) is 24.3 Å². The second kappa shape index (κ2) is 19.4. The highest BCUT2D eigenvalue weighted by atomic mass is 19.4. The normalized spacial score (nSPS) is 26.2. The molecular weight excluding hydrogens is 867 g/mol. The summed E-state index contributed by atoms with van der Waals surface area (Å²) >= 11 is 0. The molecule has 18 heteroatoms. The van der Waals surface area contributed by atoms with Crippen LogP contribution in [0.1, 0.15) is 122 Å². The summed E-state index contributed by atoms with van der Waals surface area (Å²) in [5.74, 6) is 3.46. The van der Waals surface area contributed by atoms with Gasteiger partial charge >= 0.3 is 24.4 Å². The predicted molar refractivity (Wildman–Crippen MR) is 232 cm³/mol. The molecule has 6 heterocycles. The van der Waals surface area contributed by atoms with E-state index in [4.69, 9.17) is 18.9 Å². The Labute approximate surface area is 382 Å². The van der Waals surface area contributed by atoms with Crippen molar-refractivity contribution in [2.75, 3.05) is 78.9 Å². The van der Waals surface area contributed by atoms with E-state index in [1.165, 1.54) is 24.3 Å². The van der Waals surface area contributed by atoms with Crippen molar-refractivity contribution in [3.05, 3.63) is 82.4 Å². The van der Waals surface area contributed by atoms with Crippen molar-refractivity contribution in [1.82, 2.24) is 39.3 Å². The fourth-order valence-electron chi connectivity index (χ4n) is 11.1. The van der Waals surface area contributed by atoms with Gasteiger partial charge in [-0.05, 0) is 135 Å². The van der Waals surface area contributed by atoms with Crippen LogP contribution < -0.4 is 9.47 Å². The monoisotopic (exact) mass is 928 g/mol. The molecule has 4 aromatic rings. The molecule has 6 fully saturated rings. The first-order chi connectivity index (χ1) is 31.7. The van der Waals surface area contributed by atoms with Gasteiger partial charge in [0, 0.05) is 78.5 Å². The first kappa shape index (κ1) is 46.8. The maximum absolute atomic E-state index is 12.8. The van der Waals surface area contributed by atoms with E-state index in [-0.39, 0.29) is 10.8 Å². The Bertz CT molecular complexity index is 2070. The molecule has 66 heavy (non-hydrogen) atoms. The van der Waals surface area contributed by atoms with E-state index >= 15 is 0 Å². The summed E-state index contributed by atoms with van der Waals surface area (Å²) in [4.78, 5) is 4.91. The molecule has 0 unspecified atom stereocenters. The van der Waals surface area contributed by atoms with Gasteiger partial charge in [0.15, 0.2) is 0 Å². The third-order valence-corrected chi connectivity index (χ3v) is 15.2. The van der Waals surface area contributed by atoms with Crippen molar-refractivity contribution in [2.45, 2.75) is 100 Å². The zero-order chi connectivity index (χ0) is 46.1. The minimum atomic E-state index is -4.27. The molecule has 2 aromatic heterocycles. The Balaban J connectivity index is 0.000000166. The molecule has 6 aliphatic rings. The molecule has 0 amide bonds. The fourth-order valence-corrected chi connectivity index (χ4v) is 11.1. The number of benzene rings is 2. The molecule has 2 spiro atoms. The molecule has 4 aliphatic heterocycles. The first-order valence-corrected chi connectivity index (χ1v) is 23.7. The van der Waals surface area contributed by atoms with E-state index in [9.17, 15) is 26.3 Å². The lowest BCUT2D eigenvalue weighted by molar-refractivity contribution is -0.138. The van der Waals surface area contributed by atoms with Crippen LogP contribution in [0.25, 0.3) is 0 Å². The number of aromatic nitrogens is 6. The lowest BCUT2D eigenvalue weighted by Gasteiger charge is -2.21. The molecule has 4 saturated heterocycles. The molecule has 0 N–H and O–H groups in total. The van der Waals surface area contributed by atoms with Crippen LogP contribution in [0.4, 0.5) is 26.3 Å². The van der Waals surface area contributed by atoms with Gasteiger partial charge in [-0.15, -0.1) is 10.2 Å². The van der Waals surface area contributed by atoms with Crippen LogP contribution in [-0.2, 0) is 35.9 Å². The zero-order valence-electron chi connectivity index (χ0n) is 38.0. The van der Waals surface area contributed by atoms with Gasteiger partial charge in [0.05, 0.1) is 24.3 Å². The van der Waals surface area contributed by atoms with Crippen LogP contribution >= 0.6 is 0 Å². The van der Waals surface area contributed by atoms with Gasteiger partial charge in [-0.3, -0.25) is 9.13 Å². The first-order valence-electron chi connectivity index (χ1n) is 23.7. The summed E-state index contributed by atoms with van der Waals surface area (Å²) < 4.78 is 103. The Morgan fingerprint density at radius 2 is 0.955 bits per heavy atom. The third-order valence-electron chi connectivity index (χ3n) is 15.2. The second-order valence-electron chi connectivity index (χ2n) is 19.5. The van der Waals surface area contributed by atoms with E-state index in [0.29, 0.717) is 48.9 Å². The summed E-state index contributed by atoms with van der Waals surface area (Å²) in [7, 11) is 3.91. The molecule has 0 radical (unpaired) electrons. The van der Waals surface area contributed by atoms with Crippen molar-refractivity contribution < 1.29 is 45.3 Å². The fraction of sp³-hybridized carbons (Fsp3) is 0.667. The molecule has 2 aromatic carbocycles. The summed E-state index contributed by atoms with van der Waals surface area (Å²) in [5, 5.41) is 17.1. The Morgan fingerprint density at radius 3 is 1.32 bits per heavy atom. The van der Waals surface area contributed by atoms with Gasteiger partial charge in [-0.25, -0.2) is 0 Å². The lowest BCUT2D eigenvalue weighted by Crippen LogP contribution is -2.24. The number of rotatable bonds is 14. The average molecular weight is 929 g/mol. The molecule has 10 rings (SSSR count). The molecule has 0 bridgehead atoms. The predicted octanol–water partition coefficient (Wildman–Crippen LogP) is 8.75. The highest BCUT2D eigenvalue weighted by Gasteiger charge is 2.58. The van der Waals surface area contributed by atoms with Gasteiger partial charge in [-0.1, -0.05) is 34.5 Å². The van der Waals surface area contributed by atoms with Gasteiger partial charge in [0.1, 0.15) is 11.6 Å². The van der Waals surface area contributed by atoms with Crippen molar-refractivity contribution in [3.63, 3.8) is 0 Å². The van der Waals surface area contributed by atoms with Crippen LogP contribution in [-0.4, -0.2) is 118 Å². The minimum absolute atomic E-state index is 0.239. The van der Waals surface area contributed by atoms with Crippen LogP contribution in [0.15, 0.2) is 48.5 Å². The molecule has 4 atom stereocenters.